The number of amides is 3. The first-order chi connectivity index (χ1) is 12.6. The van der Waals surface area contributed by atoms with E-state index in [1.54, 1.807) is 0 Å². The van der Waals surface area contributed by atoms with Crippen molar-refractivity contribution in [1.82, 2.24) is 9.80 Å². The van der Waals surface area contributed by atoms with Gasteiger partial charge in [0.2, 0.25) is 5.91 Å². The molecule has 2 aliphatic heterocycles. The molecule has 1 aromatic rings. The van der Waals surface area contributed by atoms with Crippen LogP contribution in [0.2, 0.25) is 0 Å². The van der Waals surface area contributed by atoms with E-state index in [9.17, 15) is 14.4 Å². The summed E-state index contributed by atoms with van der Waals surface area (Å²) in [4.78, 5) is 38.9. The van der Waals surface area contributed by atoms with Gasteiger partial charge in [0.05, 0.1) is 6.61 Å². The summed E-state index contributed by atoms with van der Waals surface area (Å²) in [6, 6.07) is 7.60. The molecule has 26 heavy (non-hydrogen) atoms. The number of cyclic esters (lactones) is 1. The van der Waals surface area contributed by atoms with Crippen molar-refractivity contribution in [1.29, 1.82) is 0 Å². The number of carbonyl (C=O) groups excluding carboxylic acids is 3. The molecule has 7 nitrogen and oxygen atoms in total. The van der Waals surface area contributed by atoms with Crippen LogP contribution >= 0.6 is 0 Å². The van der Waals surface area contributed by atoms with Crippen LogP contribution in [0.15, 0.2) is 24.3 Å². The molecule has 0 radical (unpaired) electrons. The molecule has 0 unspecified atom stereocenters. The molecule has 0 atom stereocenters. The fourth-order valence-corrected chi connectivity index (χ4v) is 3.50. The van der Waals surface area contributed by atoms with Crippen molar-refractivity contribution in [2.24, 2.45) is 0 Å². The molecule has 0 N–H and O–H groups in total. The Morgan fingerprint density at radius 1 is 1.23 bits per heavy atom. The van der Waals surface area contributed by atoms with Crippen LogP contribution in [0.1, 0.15) is 31.7 Å². The zero-order valence-corrected chi connectivity index (χ0v) is 15.0. The summed E-state index contributed by atoms with van der Waals surface area (Å²) in [5, 5.41) is 0. The van der Waals surface area contributed by atoms with Crippen LogP contribution in [0.5, 0.6) is 5.75 Å². The second-order valence-corrected chi connectivity index (χ2v) is 6.47. The van der Waals surface area contributed by atoms with Gasteiger partial charge in [0.25, 0.3) is 5.91 Å². The quantitative estimate of drug-likeness (QED) is 0.775. The average Bonchev–Trinajstić information content (AvgIpc) is 2.99. The summed E-state index contributed by atoms with van der Waals surface area (Å²) in [6.45, 7) is 3.46. The predicted octanol–water partition coefficient (Wildman–Crippen LogP) is 1.99. The average molecular weight is 360 g/mol. The van der Waals surface area contributed by atoms with Crippen molar-refractivity contribution in [2.45, 2.75) is 38.6 Å². The molecule has 0 bridgehead atoms. The molecule has 0 saturated carbocycles. The van der Waals surface area contributed by atoms with E-state index < -0.39 is 6.09 Å². The summed E-state index contributed by atoms with van der Waals surface area (Å²) in [7, 11) is 0. The van der Waals surface area contributed by atoms with E-state index in [2.05, 4.69) is 0 Å². The van der Waals surface area contributed by atoms with Crippen molar-refractivity contribution in [3.8, 4) is 5.75 Å². The van der Waals surface area contributed by atoms with Gasteiger partial charge in [-0.3, -0.25) is 9.59 Å². The fourth-order valence-electron chi connectivity index (χ4n) is 3.50. The Kier molecular flexibility index (Phi) is 5.75. The molecule has 1 aromatic carbocycles. The van der Waals surface area contributed by atoms with Gasteiger partial charge in [0, 0.05) is 25.6 Å². The van der Waals surface area contributed by atoms with Gasteiger partial charge in [-0.25, -0.2) is 9.69 Å². The highest BCUT2D eigenvalue weighted by molar-refractivity contribution is 5.98. The van der Waals surface area contributed by atoms with Crippen molar-refractivity contribution in [3.05, 3.63) is 29.8 Å². The molecule has 2 heterocycles. The lowest BCUT2D eigenvalue weighted by Crippen LogP contribution is -2.48. The maximum absolute atomic E-state index is 12.5. The van der Waals surface area contributed by atoms with Gasteiger partial charge in [-0.05, 0) is 37.8 Å². The number of rotatable bonds is 6. The Labute approximate surface area is 152 Å². The summed E-state index contributed by atoms with van der Waals surface area (Å²) >= 11 is 0. The Morgan fingerprint density at radius 3 is 2.62 bits per heavy atom. The number of benzene rings is 1. The predicted molar refractivity (Wildman–Crippen MR) is 93.7 cm³/mol. The standard InChI is InChI=1S/C19H24N2O5/c1-2-25-16-6-4-3-5-14(16)7-8-17(22)20-11-9-15(10-12-20)21-18(23)13-26-19(21)24/h3-6,15H,2,7-13H2,1H3. The summed E-state index contributed by atoms with van der Waals surface area (Å²) in [5.74, 6) is 0.630. The monoisotopic (exact) mass is 360 g/mol. The van der Waals surface area contributed by atoms with Gasteiger partial charge in [-0.2, -0.15) is 0 Å². The second-order valence-electron chi connectivity index (χ2n) is 6.47. The van der Waals surface area contributed by atoms with Crippen molar-refractivity contribution in [3.63, 3.8) is 0 Å². The van der Waals surface area contributed by atoms with Crippen molar-refractivity contribution in [2.75, 3.05) is 26.3 Å². The van der Waals surface area contributed by atoms with Gasteiger partial charge >= 0.3 is 6.09 Å². The van der Waals surface area contributed by atoms with Gasteiger partial charge in [0.1, 0.15) is 5.75 Å². The van der Waals surface area contributed by atoms with Gasteiger partial charge < -0.3 is 14.4 Å². The zero-order chi connectivity index (χ0) is 18.5. The lowest BCUT2D eigenvalue weighted by atomic mass is 10.0. The van der Waals surface area contributed by atoms with E-state index in [0.717, 1.165) is 11.3 Å². The molecule has 0 aliphatic carbocycles. The SMILES string of the molecule is CCOc1ccccc1CCC(=O)N1CCC(N2C(=O)COC2=O)CC1. The molecule has 3 rings (SSSR count). The molecule has 0 spiro atoms. The number of hydrogen-bond donors (Lipinski definition) is 0. The van der Waals surface area contributed by atoms with E-state index in [1.165, 1.54) is 4.90 Å². The van der Waals surface area contributed by atoms with E-state index >= 15 is 0 Å². The first-order valence-corrected chi connectivity index (χ1v) is 9.07. The third-order valence-electron chi connectivity index (χ3n) is 4.85. The number of aryl methyl sites for hydroxylation is 1. The van der Waals surface area contributed by atoms with Crippen LogP contribution in [0.3, 0.4) is 0 Å². The Morgan fingerprint density at radius 2 is 1.96 bits per heavy atom. The molecule has 3 amide bonds. The molecule has 0 aromatic heterocycles. The zero-order valence-electron chi connectivity index (χ0n) is 15.0. The fraction of sp³-hybridized carbons (Fsp3) is 0.526. The summed E-state index contributed by atoms with van der Waals surface area (Å²) < 4.78 is 10.4. The van der Waals surface area contributed by atoms with Gasteiger partial charge in [-0.15, -0.1) is 0 Å². The topological polar surface area (TPSA) is 76.2 Å². The smallest absolute Gasteiger partial charge is 0.417 e. The molecule has 140 valence electrons. The highest BCUT2D eigenvalue weighted by Gasteiger charge is 2.38. The maximum Gasteiger partial charge on any atom is 0.417 e. The van der Waals surface area contributed by atoms with Crippen molar-refractivity contribution >= 4 is 17.9 Å². The summed E-state index contributed by atoms with van der Waals surface area (Å²) in [5.41, 5.74) is 1.03. The highest BCUT2D eigenvalue weighted by atomic mass is 16.6. The van der Waals surface area contributed by atoms with Crippen LogP contribution in [-0.2, 0) is 20.7 Å². The minimum atomic E-state index is -0.563. The first kappa shape index (κ1) is 18.2. The number of para-hydroxylation sites is 1. The number of ether oxygens (including phenoxy) is 2. The van der Waals surface area contributed by atoms with Crippen LogP contribution in [-0.4, -0.2) is 60.1 Å². The third kappa shape index (κ3) is 3.98. The maximum atomic E-state index is 12.5. The molecule has 2 saturated heterocycles. The summed E-state index contributed by atoms with van der Waals surface area (Å²) in [6.07, 6.45) is 1.68. The lowest BCUT2D eigenvalue weighted by Gasteiger charge is -2.34. The van der Waals surface area contributed by atoms with Crippen LogP contribution in [0, 0.1) is 0 Å². The number of nitrogens with zero attached hydrogens (tertiary/aromatic N) is 2. The number of piperidine rings is 1. The van der Waals surface area contributed by atoms with E-state index in [1.807, 2.05) is 36.1 Å². The van der Waals surface area contributed by atoms with Crippen LogP contribution < -0.4 is 4.74 Å². The third-order valence-corrected chi connectivity index (χ3v) is 4.85. The molecule has 2 fully saturated rings. The Bertz CT molecular complexity index is 666. The van der Waals surface area contributed by atoms with E-state index in [-0.39, 0.29) is 24.5 Å². The minimum Gasteiger partial charge on any atom is -0.494 e. The lowest BCUT2D eigenvalue weighted by molar-refractivity contribution is -0.133. The minimum absolute atomic E-state index is 0.0880. The normalized spacial score (nSPS) is 18.2. The number of likely N-dealkylation sites (tertiary alicyclic amines) is 1. The van der Waals surface area contributed by atoms with Gasteiger partial charge in [-0.1, -0.05) is 18.2 Å². The molecular weight excluding hydrogens is 336 g/mol. The number of imide groups is 1. The Hall–Kier alpha value is -2.57. The van der Waals surface area contributed by atoms with Crippen LogP contribution in [0.25, 0.3) is 0 Å². The van der Waals surface area contributed by atoms with Gasteiger partial charge in [0.15, 0.2) is 6.61 Å². The van der Waals surface area contributed by atoms with Crippen LogP contribution in [0.4, 0.5) is 4.79 Å². The van der Waals surface area contributed by atoms with E-state index in [0.29, 0.717) is 45.4 Å². The number of hydrogen-bond acceptors (Lipinski definition) is 5. The Balaban J connectivity index is 1.50. The largest absolute Gasteiger partial charge is 0.494 e. The first-order valence-electron chi connectivity index (χ1n) is 9.07. The number of carbonyl (C=O) groups is 3. The molecule has 7 heteroatoms. The highest BCUT2D eigenvalue weighted by Crippen LogP contribution is 2.23. The van der Waals surface area contributed by atoms with Crippen molar-refractivity contribution < 1.29 is 23.9 Å². The molecule has 2 aliphatic rings. The van der Waals surface area contributed by atoms with E-state index in [4.69, 9.17) is 9.47 Å². The molecular formula is C19H24N2O5. The second kappa shape index (κ2) is 8.21.